The van der Waals surface area contributed by atoms with Crippen LogP contribution in [0.1, 0.15) is 43.8 Å². The van der Waals surface area contributed by atoms with Gasteiger partial charge in [0.05, 0.1) is 0 Å². The van der Waals surface area contributed by atoms with E-state index in [1.807, 2.05) is 40.5 Å². The predicted octanol–water partition coefficient (Wildman–Crippen LogP) is 1.38. The molecule has 0 aromatic carbocycles. The lowest BCUT2D eigenvalue weighted by atomic mass is 9.96. The number of anilines is 1. The molecule has 0 aliphatic carbocycles. The minimum absolute atomic E-state index is 0.328. The van der Waals surface area contributed by atoms with Crippen molar-refractivity contribution in [3.63, 3.8) is 0 Å². The summed E-state index contributed by atoms with van der Waals surface area (Å²) >= 11 is 0. The Morgan fingerprint density at radius 3 is 2.63 bits per heavy atom. The molecule has 2 saturated heterocycles. The van der Waals surface area contributed by atoms with E-state index in [4.69, 9.17) is 5.10 Å². The molecule has 146 valence electrons. The van der Waals surface area contributed by atoms with Gasteiger partial charge in [0.15, 0.2) is 11.5 Å². The summed E-state index contributed by atoms with van der Waals surface area (Å²) in [6.07, 6.45) is 5.04. The first-order valence-corrected chi connectivity index (χ1v) is 10.0. The summed E-state index contributed by atoms with van der Waals surface area (Å²) in [5.74, 6) is 2.60. The van der Waals surface area contributed by atoms with E-state index in [9.17, 15) is 4.79 Å². The van der Waals surface area contributed by atoms with Crippen molar-refractivity contribution in [2.75, 3.05) is 51.7 Å². The maximum atomic E-state index is 12.0. The maximum Gasteiger partial charge on any atom is 0.222 e. The lowest BCUT2D eigenvalue weighted by Gasteiger charge is -2.34. The van der Waals surface area contributed by atoms with Gasteiger partial charge in [0.1, 0.15) is 5.82 Å². The molecule has 2 aliphatic heterocycles. The molecule has 2 aromatic heterocycles. The molecule has 27 heavy (non-hydrogen) atoms. The Morgan fingerprint density at radius 2 is 1.89 bits per heavy atom. The SMILES string of the molecule is CN(C)c1ccc2nnc(C3CCN(CCN4CCCCC4=O)CC3)n2n1. The lowest BCUT2D eigenvalue weighted by Crippen LogP contribution is -2.43. The molecule has 0 saturated carbocycles. The third-order valence-electron chi connectivity index (χ3n) is 5.79. The summed E-state index contributed by atoms with van der Waals surface area (Å²) in [5, 5.41) is 13.4. The minimum Gasteiger partial charge on any atom is -0.361 e. The molecule has 0 bridgehead atoms. The van der Waals surface area contributed by atoms with Gasteiger partial charge in [-0.1, -0.05) is 0 Å². The number of carbonyl (C=O) groups is 1. The molecule has 0 N–H and O–H groups in total. The second-order valence-electron chi connectivity index (χ2n) is 7.87. The zero-order valence-corrected chi connectivity index (χ0v) is 16.3. The van der Waals surface area contributed by atoms with Crippen LogP contribution in [0.5, 0.6) is 0 Å². The van der Waals surface area contributed by atoms with Crippen LogP contribution in [0.2, 0.25) is 0 Å². The molecule has 1 amide bonds. The molecule has 0 radical (unpaired) electrons. The first kappa shape index (κ1) is 18.2. The second kappa shape index (κ2) is 7.80. The van der Waals surface area contributed by atoms with Crippen molar-refractivity contribution in [3.05, 3.63) is 18.0 Å². The highest BCUT2D eigenvalue weighted by Gasteiger charge is 2.26. The fraction of sp³-hybridized carbons (Fsp3) is 0.684. The number of piperidine rings is 2. The van der Waals surface area contributed by atoms with Crippen LogP contribution in [0, 0.1) is 0 Å². The van der Waals surface area contributed by atoms with Gasteiger partial charge >= 0.3 is 0 Å². The highest BCUT2D eigenvalue weighted by molar-refractivity contribution is 5.76. The maximum absolute atomic E-state index is 12.0. The molecule has 0 unspecified atom stereocenters. The zero-order chi connectivity index (χ0) is 18.8. The topological polar surface area (TPSA) is 69.9 Å². The van der Waals surface area contributed by atoms with Crippen LogP contribution in [0.3, 0.4) is 0 Å². The molecule has 0 spiro atoms. The van der Waals surface area contributed by atoms with E-state index in [-0.39, 0.29) is 0 Å². The van der Waals surface area contributed by atoms with Gasteiger partial charge in [-0.3, -0.25) is 4.79 Å². The summed E-state index contributed by atoms with van der Waals surface area (Å²) in [5.41, 5.74) is 0.807. The van der Waals surface area contributed by atoms with E-state index in [0.29, 0.717) is 11.8 Å². The van der Waals surface area contributed by atoms with E-state index < -0.39 is 0 Å². The van der Waals surface area contributed by atoms with Gasteiger partial charge in [-0.25, -0.2) is 0 Å². The zero-order valence-electron chi connectivity index (χ0n) is 16.3. The van der Waals surface area contributed by atoms with Crippen molar-refractivity contribution in [3.8, 4) is 0 Å². The van der Waals surface area contributed by atoms with Gasteiger partial charge in [0.25, 0.3) is 0 Å². The number of likely N-dealkylation sites (tertiary alicyclic amines) is 2. The fourth-order valence-corrected chi connectivity index (χ4v) is 4.06. The number of rotatable bonds is 5. The standard InChI is InChI=1S/C19H29N7O/c1-23(2)17-7-6-16-20-21-19(26(16)22-17)15-8-11-24(12-9-15)13-14-25-10-4-3-5-18(25)27/h6-7,15H,3-5,8-14H2,1-2H3. The second-order valence-corrected chi connectivity index (χ2v) is 7.87. The summed E-state index contributed by atoms with van der Waals surface area (Å²) in [6.45, 7) is 4.85. The molecule has 4 heterocycles. The van der Waals surface area contributed by atoms with Crippen LogP contribution >= 0.6 is 0 Å². The predicted molar refractivity (Wildman–Crippen MR) is 104 cm³/mol. The normalized spacial score (nSPS) is 19.8. The van der Waals surface area contributed by atoms with Crippen molar-refractivity contribution in [1.82, 2.24) is 29.6 Å². The average Bonchev–Trinajstić information content (AvgIpc) is 3.11. The molecular formula is C19H29N7O. The number of hydrogen-bond donors (Lipinski definition) is 0. The highest BCUT2D eigenvalue weighted by Crippen LogP contribution is 2.27. The average molecular weight is 371 g/mol. The quantitative estimate of drug-likeness (QED) is 0.791. The Hall–Kier alpha value is -2.22. The van der Waals surface area contributed by atoms with E-state index in [1.54, 1.807) is 0 Å². The van der Waals surface area contributed by atoms with Crippen LogP contribution < -0.4 is 4.90 Å². The number of nitrogens with zero attached hydrogens (tertiary/aromatic N) is 7. The number of carbonyl (C=O) groups excluding carboxylic acids is 1. The highest BCUT2D eigenvalue weighted by atomic mass is 16.2. The molecule has 0 atom stereocenters. The summed E-state index contributed by atoms with van der Waals surface area (Å²) in [7, 11) is 3.98. The Kier molecular flexibility index (Phi) is 5.24. The van der Waals surface area contributed by atoms with Crippen LogP contribution in [-0.4, -0.2) is 82.3 Å². The monoisotopic (exact) mass is 371 g/mol. The number of amides is 1. The Balaban J connectivity index is 1.36. The van der Waals surface area contributed by atoms with Gasteiger partial charge < -0.3 is 14.7 Å². The lowest BCUT2D eigenvalue weighted by molar-refractivity contribution is -0.133. The third-order valence-corrected chi connectivity index (χ3v) is 5.79. The first-order chi connectivity index (χ1) is 13.1. The van der Waals surface area contributed by atoms with Crippen molar-refractivity contribution in [2.45, 2.75) is 38.0 Å². The molecular weight excluding hydrogens is 342 g/mol. The van der Waals surface area contributed by atoms with Gasteiger partial charge in [-0.2, -0.15) is 4.52 Å². The third kappa shape index (κ3) is 3.90. The van der Waals surface area contributed by atoms with Crippen molar-refractivity contribution < 1.29 is 4.79 Å². The fourth-order valence-electron chi connectivity index (χ4n) is 4.06. The number of hydrogen-bond acceptors (Lipinski definition) is 6. The van der Waals surface area contributed by atoms with Crippen LogP contribution in [0.25, 0.3) is 5.65 Å². The van der Waals surface area contributed by atoms with E-state index in [2.05, 4.69) is 15.1 Å². The minimum atomic E-state index is 0.328. The van der Waals surface area contributed by atoms with Crippen molar-refractivity contribution in [1.29, 1.82) is 0 Å². The molecule has 8 heteroatoms. The van der Waals surface area contributed by atoms with E-state index in [0.717, 1.165) is 82.1 Å². The summed E-state index contributed by atoms with van der Waals surface area (Å²) in [4.78, 5) is 18.5. The smallest absolute Gasteiger partial charge is 0.222 e. The molecule has 2 aliphatic rings. The largest absolute Gasteiger partial charge is 0.361 e. The molecule has 4 rings (SSSR count). The summed E-state index contributed by atoms with van der Waals surface area (Å²) < 4.78 is 1.90. The molecule has 8 nitrogen and oxygen atoms in total. The van der Waals surface area contributed by atoms with E-state index >= 15 is 0 Å². The Labute approximate surface area is 160 Å². The van der Waals surface area contributed by atoms with Crippen LogP contribution in [-0.2, 0) is 4.79 Å². The first-order valence-electron chi connectivity index (χ1n) is 10.0. The number of fused-ring (bicyclic) bond motifs is 1. The van der Waals surface area contributed by atoms with Crippen LogP contribution in [0.15, 0.2) is 12.1 Å². The van der Waals surface area contributed by atoms with E-state index in [1.165, 1.54) is 0 Å². The molecule has 2 aromatic rings. The molecule has 2 fully saturated rings. The summed E-state index contributed by atoms with van der Waals surface area (Å²) in [6, 6.07) is 3.95. The van der Waals surface area contributed by atoms with Gasteiger partial charge in [0.2, 0.25) is 5.91 Å². The van der Waals surface area contributed by atoms with Crippen molar-refractivity contribution >= 4 is 17.4 Å². The van der Waals surface area contributed by atoms with Gasteiger partial charge in [-0.15, -0.1) is 15.3 Å². The van der Waals surface area contributed by atoms with Gasteiger partial charge in [0, 0.05) is 46.1 Å². The Bertz CT molecular complexity index is 794. The Morgan fingerprint density at radius 1 is 1.07 bits per heavy atom. The van der Waals surface area contributed by atoms with Gasteiger partial charge in [-0.05, 0) is 50.9 Å². The van der Waals surface area contributed by atoms with Crippen molar-refractivity contribution in [2.24, 2.45) is 0 Å². The van der Waals surface area contributed by atoms with Crippen LogP contribution in [0.4, 0.5) is 5.82 Å². The number of aromatic nitrogens is 4.